The number of benzene rings is 1. The summed E-state index contributed by atoms with van der Waals surface area (Å²) >= 11 is 6.23. The van der Waals surface area contributed by atoms with Crippen LogP contribution in [0.5, 0.6) is 0 Å². The first-order valence-corrected chi connectivity index (χ1v) is 7.20. The lowest BCUT2D eigenvalue weighted by Crippen LogP contribution is -2.36. The minimum absolute atomic E-state index is 0.316. The minimum Gasteiger partial charge on any atom is -0.306 e. The summed E-state index contributed by atoms with van der Waals surface area (Å²) in [5, 5.41) is 4.55. The van der Waals surface area contributed by atoms with Crippen molar-refractivity contribution < 1.29 is 0 Å². The van der Waals surface area contributed by atoms with Crippen LogP contribution >= 0.6 is 11.6 Å². The molecule has 0 saturated carbocycles. The zero-order valence-electron chi connectivity index (χ0n) is 11.5. The molecule has 1 aliphatic heterocycles. The molecule has 18 heavy (non-hydrogen) atoms. The molecule has 0 aliphatic carbocycles. The summed E-state index contributed by atoms with van der Waals surface area (Å²) in [4.78, 5) is 2.52. The van der Waals surface area contributed by atoms with Crippen molar-refractivity contribution in [2.45, 2.75) is 45.3 Å². The normalized spacial score (nSPS) is 22.6. The van der Waals surface area contributed by atoms with Gasteiger partial charge in [0, 0.05) is 29.7 Å². The van der Waals surface area contributed by atoms with E-state index in [9.17, 15) is 0 Å². The standard InChI is InChI=1S/C15H23ClN2/c1-11(2)18-9-8-13(10-18)17-12(3)14-6-4-5-7-15(14)16/h4-7,11-13,17H,8-10H2,1-3H3/t12-,13?/m1/s1. The predicted octanol–water partition coefficient (Wildman–Crippen LogP) is 3.47. The molecule has 1 saturated heterocycles. The van der Waals surface area contributed by atoms with E-state index in [1.165, 1.54) is 18.5 Å². The molecule has 2 nitrogen and oxygen atoms in total. The molecule has 0 amide bonds. The van der Waals surface area contributed by atoms with Crippen LogP contribution in [0.4, 0.5) is 0 Å². The zero-order chi connectivity index (χ0) is 13.1. The fraction of sp³-hybridized carbons (Fsp3) is 0.600. The van der Waals surface area contributed by atoms with Gasteiger partial charge < -0.3 is 5.32 Å². The van der Waals surface area contributed by atoms with Gasteiger partial charge in [0.2, 0.25) is 0 Å². The van der Waals surface area contributed by atoms with E-state index in [0.29, 0.717) is 18.1 Å². The summed E-state index contributed by atoms with van der Waals surface area (Å²) in [6.45, 7) is 9.07. The molecule has 0 bridgehead atoms. The molecule has 1 aromatic carbocycles. The number of likely N-dealkylation sites (tertiary alicyclic amines) is 1. The third-order valence-corrected chi connectivity index (χ3v) is 4.15. The Kier molecular flexibility index (Phi) is 4.66. The molecule has 0 spiro atoms. The highest BCUT2D eigenvalue weighted by atomic mass is 35.5. The lowest BCUT2D eigenvalue weighted by molar-refractivity contribution is 0.266. The largest absolute Gasteiger partial charge is 0.306 e. The summed E-state index contributed by atoms with van der Waals surface area (Å²) in [7, 11) is 0. The Hall–Kier alpha value is -0.570. The second-order valence-electron chi connectivity index (χ2n) is 5.48. The van der Waals surface area contributed by atoms with Gasteiger partial charge in [0.15, 0.2) is 0 Å². The highest BCUT2D eigenvalue weighted by molar-refractivity contribution is 6.31. The lowest BCUT2D eigenvalue weighted by atomic mass is 10.1. The highest BCUT2D eigenvalue weighted by Crippen LogP contribution is 2.24. The second-order valence-corrected chi connectivity index (χ2v) is 5.89. The molecule has 100 valence electrons. The number of halogens is 1. The maximum Gasteiger partial charge on any atom is 0.0453 e. The van der Waals surface area contributed by atoms with Gasteiger partial charge in [0.25, 0.3) is 0 Å². The minimum atomic E-state index is 0.316. The average Bonchev–Trinajstić information content (AvgIpc) is 2.78. The number of rotatable bonds is 4. The molecule has 1 N–H and O–H groups in total. The van der Waals surface area contributed by atoms with Gasteiger partial charge in [0.1, 0.15) is 0 Å². The molecular formula is C15H23ClN2. The summed E-state index contributed by atoms with van der Waals surface area (Å²) in [6, 6.07) is 9.64. The van der Waals surface area contributed by atoms with E-state index in [1.54, 1.807) is 0 Å². The lowest BCUT2D eigenvalue weighted by Gasteiger charge is -2.23. The van der Waals surface area contributed by atoms with E-state index in [1.807, 2.05) is 12.1 Å². The Morgan fingerprint density at radius 2 is 2.00 bits per heavy atom. The zero-order valence-corrected chi connectivity index (χ0v) is 12.2. The number of nitrogens with one attached hydrogen (secondary N) is 1. The van der Waals surface area contributed by atoms with Gasteiger partial charge in [-0.2, -0.15) is 0 Å². The SMILES string of the molecule is CC(C)N1CCC(N[C@H](C)c2ccccc2Cl)C1. The summed E-state index contributed by atoms with van der Waals surface area (Å²) in [5.41, 5.74) is 1.20. The third kappa shape index (κ3) is 3.25. The maximum atomic E-state index is 6.23. The van der Waals surface area contributed by atoms with Gasteiger partial charge in [-0.25, -0.2) is 0 Å². The van der Waals surface area contributed by atoms with E-state index in [2.05, 4.69) is 43.1 Å². The van der Waals surface area contributed by atoms with E-state index in [0.717, 1.165) is 11.6 Å². The van der Waals surface area contributed by atoms with E-state index in [-0.39, 0.29) is 0 Å². The van der Waals surface area contributed by atoms with Gasteiger partial charge in [-0.3, -0.25) is 4.90 Å². The van der Waals surface area contributed by atoms with Crippen LogP contribution in [0.25, 0.3) is 0 Å². The number of nitrogens with zero attached hydrogens (tertiary/aromatic N) is 1. The fourth-order valence-electron chi connectivity index (χ4n) is 2.66. The Morgan fingerprint density at radius 3 is 2.61 bits per heavy atom. The predicted molar refractivity (Wildman–Crippen MR) is 78.1 cm³/mol. The van der Waals surface area contributed by atoms with Crippen molar-refractivity contribution in [2.75, 3.05) is 13.1 Å². The molecule has 1 aliphatic rings. The van der Waals surface area contributed by atoms with Crippen molar-refractivity contribution >= 4 is 11.6 Å². The van der Waals surface area contributed by atoms with Gasteiger partial charge in [-0.1, -0.05) is 29.8 Å². The van der Waals surface area contributed by atoms with Crippen LogP contribution < -0.4 is 5.32 Å². The topological polar surface area (TPSA) is 15.3 Å². The quantitative estimate of drug-likeness (QED) is 0.898. The van der Waals surface area contributed by atoms with E-state index >= 15 is 0 Å². The van der Waals surface area contributed by atoms with Crippen molar-refractivity contribution in [3.8, 4) is 0 Å². The van der Waals surface area contributed by atoms with Crippen molar-refractivity contribution in [1.82, 2.24) is 10.2 Å². The third-order valence-electron chi connectivity index (χ3n) is 3.81. The Morgan fingerprint density at radius 1 is 1.28 bits per heavy atom. The Bertz CT molecular complexity index is 392. The fourth-order valence-corrected chi connectivity index (χ4v) is 2.96. The maximum absolute atomic E-state index is 6.23. The van der Waals surface area contributed by atoms with Crippen LogP contribution in [0, 0.1) is 0 Å². The van der Waals surface area contributed by atoms with Crippen molar-refractivity contribution in [1.29, 1.82) is 0 Å². The van der Waals surface area contributed by atoms with Crippen LogP contribution in [0.1, 0.15) is 38.8 Å². The van der Waals surface area contributed by atoms with Crippen LogP contribution in [-0.4, -0.2) is 30.1 Å². The first-order chi connectivity index (χ1) is 8.58. The van der Waals surface area contributed by atoms with Crippen molar-refractivity contribution in [3.63, 3.8) is 0 Å². The van der Waals surface area contributed by atoms with Crippen molar-refractivity contribution in [3.05, 3.63) is 34.9 Å². The monoisotopic (exact) mass is 266 g/mol. The van der Waals surface area contributed by atoms with Gasteiger partial charge >= 0.3 is 0 Å². The molecule has 0 radical (unpaired) electrons. The Balaban J connectivity index is 1.93. The molecule has 1 heterocycles. The molecule has 1 unspecified atom stereocenters. The van der Waals surface area contributed by atoms with E-state index < -0.39 is 0 Å². The van der Waals surface area contributed by atoms with Gasteiger partial charge in [-0.15, -0.1) is 0 Å². The van der Waals surface area contributed by atoms with Crippen LogP contribution in [-0.2, 0) is 0 Å². The summed E-state index contributed by atoms with van der Waals surface area (Å²) in [5.74, 6) is 0. The number of hydrogen-bond donors (Lipinski definition) is 1. The molecule has 2 rings (SSSR count). The molecule has 1 fully saturated rings. The van der Waals surface area contributed by atoms with Crippen LogP contribution in [0.15, 0.2) is 24.3 Å². The highest BCUT2D eigenvalue weighted by Gasteiger charge is 2.25. The van der Waals surface area contributed by atoms with Gasteiger partial charge in [0.05, 0.1) is 0 Å². The number of hydrogen-bond acceptors (Lipinski definition) is 2. The average molecular weight is 267 g/mol. The van der Waals surface area contributed by atoms with Crippen LogP contribution in [0.2, 0.25) is 5.02 Å². The van der Waals surface area contributed by atoms with Crippen LogP contribution in [0.3, 0.4) is 0 Å². The molecule has 0 aromatic heterocycles. The molecule has 2 atom stereocenters. The van der Waals surface area contributed by atoms with E-state index in [4.69, 9.17) is 11.6 Å². The Labute approximate surface area is 115 Å². The first-order valence-electron chi connectivity index (χ1n) is 6.82. The smallest absolute Gasteiger partial charge is 0.0453 e. The second kappa shape index (κ2) is 6.05. The summed E-state index contributed by atoms with van der Waals surface area (Å²) in [6.07, 6.45) is 1.23. The first kappa shape index (κ1) is 13.9. The van der Waals surface area contributed by atoms with Gasteiger partial charge in [-0.05, 0) is 45.4 Å². The molecule has 1 aromatic rings. The summed E-state index contributed by atoms with van der Waals surface area (Å²) < 4.78 is 0. The van der Waals surface area contributed by atoms with Crippen molar-refractivity contribution in [2.24, 2.45) is 0 Å². The molecule has 3 heteroatoms. The molecular weight excluding hydrogens is 244 g/mol.